The molecular formula is C8H4Br2O2. The molecule has 0 saturated heterocycles. The molecule has 0 saturated carbocycles. The fourth-order valence-corrected chi connectivity index (χ4v) is 2.06. The van der Waals surface area contributed by atoms with Crippen LogP contribution in [-0.4, -0.2) is 12.1 Å². The van der Waals surface area contributed by atoms with Gasteiger partial charge in [-0.05, 0) is 18.2 Å². The number of aldehydes is 1. The lowest BCUT2D eigenvalue weighted by Crippen LogP contribution is -1.99. The Kier molecular flexibility index (Phi) is 3.17. The highest BCUT2D eigenvalue weighted by Gasteiger charge is 2.05. The third-order valence-electron chi connectivity index (χ3n) is 1.25. The van der Waals surface area contributed by atoms with E-state index < -0.39 is 5.78 Å². The maximum Gasteiger partial charge on any atom is 0.225 e. The van der Waals surface area contributed by atoms with Crippen molar-refractivity contribution in [2.75, 3.05) is 0 Å². The molecule has 4 heteroatoms. The van der Waals surface area contributed by atoms with Crippen molar-refractivity contribution in [3.05, 3.63) is 32.7 Å². The molecule has 0 aliphatic heterocycles. The second-order valence-electron chi connectivity index (χ2n) is 2.14. The lowest BCUT2D eigenvalue weighted by Gasteiger charge is -1.96. The van der Waals surface area contributed by atoms with Crippen molar-refractivity contribution in [3.63, 3.8) is 0 Å². The van der Waals surface area contributed by atoms with E-state index in [0.717, 1.165) is 8.95 Å². The average molecular weight is 292 g/mol. The van der Waals surface area contributed by atoms with Crippen LogP contribution in [-0.2, 0) is 4.79 Å². The van der Waals surface area contributed by atoms with Crippen LogP contribution in [0, 0.1) is 0 Å². The van der Waals surface area contributed by atoms with E-state index in [1.807, 2.05) is 0 Å². The van der Waals surface area contributed by atoms with Crippen LogP contribution in [0.1, 0.15) is 10.4 Å². The number of ketones is 1. The summed E-state index contributed by atoms with van der Waals surface area (Å²) in [6.07, 6.45) is 0.300. The summed E-state index contributed by atoms with van der Waals surface area (Å²) < 4.78 is 1.53. The molecule has 2 nitrogen and oxygen atoms in total. The van der Waals surface area contributed by atoms with Crippen LogP contribution in [0.2, 0.25) is 0 Å². The molecule has 0 N–H and O–H groups in total. The number of rotatable bonds is 2. The fraction of sp³-hybridized carbons (Fsp3) is 0. The maximum absolute atomic E-state index is 10.9. The molecule has 1 rings (SSSR count). The molecular weight excluding hydrogens is 288 g/mol. The van der Waals surface area contributed by atoms with E-state index in [0.29, 0.717) is 11.8 Å². The topological polar surface area (TPSA) is 34.1 Å². The summed E-state index contributed by atoms with van der Waals surface area (Å²) in [4.78, 5) is 21.1. The van der Waals surface area contributed by atoms with E-state index in [1.165, 1.54) is 0 Å². The molecule has 0 amide bonds. The number of carbonyl (C=O) groups is 2. The van der Waals surface area contributed by atoms with Gasteiger partial charge in [0.05, 0.1) is 0 Å². The highest BCUT2D eigenvalue weighted by molar-refractivity contribution is 9.11. The zero-order valence-electron chi connectivity index (χ0n) is 5.88. The summed E-state index contributed by atoms with van der Waals surface area (Å²) in [7, 11) is 0. The fourth-order valence-electron chi connectivity index (χ4n) is 0.764. The van der Waals surface area contributed by atoms with Gasteiger partial charge in [0.15, 0.2) is 6.29 Å². The molecule has 0 aromatic heterocycles. The molecule has 1 aromatic carbocycles. The molecule has 0 radical (unpaired) electrons. The first-order valence-electron chi connectivity index (χ1n) is 3.09. The van der Waals surface area contributed by atoms with Gasteiger partial charge in [0, 0.05) is 14.5 Å². The first kappa shape index (κ1) is 9.61. The molecule has 0 aliphatic carbocycles. The standard InChI is InChI=1S/C8H4Br2O2/c9-6-1-5(8(12)4-11)2-7(10)3-6/h1-4H. The van der Waals surface area contributed by atoms with Gasteiger partial charge in [0.1, 0.15) is 0 Å². The molecule has 0 unspecified atom stereocenters. The number of hydrogen-bond donors (Lipinski definition) is 0. The number of halogens is 2. The molecule has 12 heavy (non-hydrogen) atoms. The number of carbonyl (C=O) groups excluding carboxylic acids is 2. The van der Waals surface area contributed by atoms with Gasteiger partial charge in [0.25, 0.3) is 0 Å². The molecule has 0 bridgehead atoms. The Bertz CT molecular complexity index is 314. The van der Waals surface area contributed by atoms with Gasteiger partial charge in [-0.1, -0.05) is 31.9 Å². The zero-order chi connectivity index (χ0) is 9.14. The minimum absolute atomic E-state index is 0.300. The second kappa shape index (κ2) is 3.96. The van der Waals surface area contributed by atoms with Crippen molar-refractivity contribution < 1.29 is 9.59 Å². The lowest BCUT2D eigenvalue weighted by molar-refractivity contribution is -0.104. The third kappa shape index (κ3) is 2.25. The van der Waals surface area contributed by atoms with Gasteiger partial charge in [-0.25, -0.2) is 0 Å². The Balaban J connectivity index is 3.17. The Morgan fingerprint density at radius 1 is 1.17 bits per heavy atom. The van der Waals surface area contributed by atoms with Gasteiger partial charge in [-0.15, -0.1) is 0 Å². The van der Waals surface area contributed by atoms with E-state index in [2.05, 4.69) is 31.9 Å². The highest BCUT2D eigenvalue weighted by Crippen LogP contribution is 2.19. The van der Waals surface area contributed by atoms with Crippen molar-refractivity contribution in [1.82, 2.24) is 0 Å². The van der Waals surface area contributed by atoms with E-state index >= 15 is 0 Å². The van der Waals surface area contributed by atoms with E-state index in [4.69, 9.17) is 0 Å². The van der Waals surface area contributed by atoms with Crippen molar-refractivity contribution in [3.8, 4) is 0 Å². The van der Waals surface area contributed by atoms with Crippen molar-refractivity contribution in [2.45, 2.75) is 0 Å². The summed E-state index contributed by atoms with van der Waals surface area (Å²) >= 11 is 6.42. The van der Waals surface area contributed by atoms with Gasteiger partial charge in [0.2, 0.25) is 5.78 Å². The van der Waals surface area contributed by atoms with Crippen LogP contribution in [0.15, 0.2) is 27.1 Å². The molecule has 0 fully saturated rings. The maximum atomic E-state index is 10.9. The number of benzene rings is 1. The Hall–Kier alpha value is -0.480. The van der Waals surface area contributed by atoms with Gasteiger partial charge < -0.3 is 0 Å². The summed E-state index contributed by atoms with van der Waals surface area (Å²) in [5, 5.41) is 0. The summed E-state index contributed by atoms with van der Waals surface area (Å²) in [5.74, 6) is -0.517. The molecule has 0 spiro atoms. The van der Waals surface area contributed by atoms with Crippen molar-refractivity contribution in [1.29, 1.82) is 0 Å². The minimum Gasteiger partial charge on any atom is -0.294 e. The molecule has 0 atom stereocenters. The van der Waals surface area contributed by atoms with Gasteiger partial charge in [-0.3, -0.25) is 9.59 Å². The van der Waals surface area contributed by atoms with Crippen LogP contribution in [0.3, 0.4) is 0 Å². The third-order valence-corrected chi connectivity index (χ3v) is 2.17. The van der Waals surface area contributed by atoms with E-state index in [9.17, 15) is 9.59 Å². The van der Waals surface area contributed by atoms with E-state index in [1.54, 1.807) is 18.2 Å². The summed E-state index contributed by atoms with van der Waals surface area (Å²) in [6.45, 7) is 0. The van der Waals surface area contributed by atoms with Crippen LogP contribution in [0.5, 0.6) is 0 Å². The Morgan fingerprint density at radius 2 is 1.67 bits per heavy atom. The smallest absolute Gasteiger partial charge is 0.225 e. The van der Waals surface area contributed by atoms with Crippen LogP contribution >= 0.6 is 31.9 Å². The highest BCUT2D eigenvalue weighted by atomic mass is 79.9. The molecule has 1 aromatic rings. The predicted octanol–water partition coefficient (Wildman–Crippen LogP) is 2.59. The first-order chi connectivity index (χ1) is 5.63. The molecule has 0 heterocycles. The molecule has 0 aliphatic rings. The predicted molar refractivity (Wildman–Crippen MR) is 52.2 cm³/mol. The first-order valence-corrected chi connectivity index (χ1v) is 4.67. The summed E-state index contributed by atoms with van der Waals surface area (Å²) in [5.41, 5.74) is 0.381. The number of hydrogen-bond acceptors (Lipinski definition) is 2. The van der Waals surface area contributed by atoms with Crippen LogP contribution < -0.4 is 0 Å². The van der Waals surface area contributed by atoms with Crippen molar-refractivity contribution in [2.24, 2.45) is 0 Å². The summed E-state index contributed by atoms with van der Waals surface area (Å²) in [6, 6.07) is 4.99. The van der Waals surface area contributed by atoms with Gasteiger partial charge >= 0.3 is 0 Å². The SMILES string of the molecule is O=CC(=O)c1cc(Br)cc(Br)c1. The quantitative estimate of drug-likeness (QED) is 0.477. The van der Waals surface area contributed by atoms with Crippen molar-refractivity contribution >= 4 is 43.9 Å². The van der Waals surface area contributed by atoms with E-state index in [-0.39, 0.29) is 0 Å². The lowest BCUT2D eigenvalue weighted by atomic mass is 10.1. The number of Topliss-reactive ketones (excluding diaryl/α,β-unsaturated/α-hetero) is 1. The molecule has 62 valence electrons. The average Bonchev–Trinajstić information content (AvgIpc) is 2.01. The monoisotopic (exact) mass is 290 g/mol. The Morgan fingerprint density at radius 3 is 2.08 bits per heavy atom. The largest absolute Gasteiger partial charge is 0.294 e. The van der Waals surface area contributed by atoms with Crippen LogP contribution in [0.25, 0.3) is 0 Å². The second-order valence-corrected chi connectivity index (χ2v) is 3.97. The minimum atomic E-state index is -0.517. The van der Waals surface area contributed by atoms with Crippen LogP contribution in [0.4, 0.5) is 0 Å². The zero-order valence-corrected chi connectivity index (χ0v) is 9.05. The van der Waals surface area contributed by atoms with Gasteiger partial charge in [-0.2, -0.15) is 0 Å². The normalized spacial score (nSPS) is 9.50. The Labute approximate surface area is 86.2 Å².